The monoisotopic (exact) mass is 907 g/mol. The summed E-state index contributed by atoms with van der Waals surface area (Å²) in [6, 6.07) is 0. The molecule has 0 heterocycles. The first-order chi connectivity index (χ1) is 29.9. The standard InChI is InChI=1S/C44H90O14S2/c45-17-21-49-25-29-53-33-37-57-41-39-55-35-31-51-27-23-47-19-13-9-5-1-3-7-11-15-43-59-60-44-16-12-8-4-2-6-10-14-20-48-24-28-52-32-36-56-40-42-58-38-34-54-30-26-50-22-18-46/h45-46H,1-44H2. The normalized spacial score (nSPS) is 11.7. The van der Waals surface area contributed by atoms with Gasteiger partial charge in [0.15, 0.2) is 0 Å². The number of hydrogen-bond donors (Lipinski definition) is 2. The third kappa shape index (κ3) is 58.1. The van der Waals surface area contributed by atoms with Gasteiger partial charge in [0.25, 0.3) is 0 Å². The highest BCUT2D eigenvalue weighted by Crippen LogP contribution is 2.25. The Kier molecular flexibility index (Phi) is 59.3. The van der Waals surface area contributed by atoms with Crippen LogP contribution in [0.2, 0.25) is 0 Å². The number of rotatable bonds is 57. The van der Waals surface area contributed by atoms with Crippen molar-refractivity contribution >= 4 is 21.6 Å². The molecule has 14 nitrogen and oxygen atoms in total. The van der Waals surface area contributed by atoms with E-state index in [0.717, 1.165) is 26.1 Å². The molecular weight excluding hydrogens is 817 g/mol. The van der Waals surface area contributed by atoms with E-state index in [9.17, 15) is 0 Å². The van der Waals surface area contributed by atoms with E-state index in [4.69, 9.17) is 67.1 Å². The number of hydrogen-bond acceptors (Lipinski definition) is 16. The van der Waals surface area contributed by atoms with Crippen LogP contribution in [0.5, 0.6) is 0 Å². The Morgan fingerprint density at radius 1 is 0.183 bits per heavy atom. The van der Waals surface area contributed by atoms with Gasteiger partial charge in [-0.1, -0.05) is 98.6 Å². The lowest BCUT2D eigenvalue weighted by Crippen LogP contribution is -2.14. The van der Waals surface area contributed by atoms with E-state index in [0.29, 0.717) is 145 Å². The first kappa shape index (κ1) is 60.1. The quantitative estimate of drug-likeness (QED) is 0.0486. The summed E-state index contributed by atoms with van der Waals surface area (Å²) >= 11 is 0. The Morgan fingerprint density at radius 2 is 0.350 bits per heavy atom. The minimum atomic E-state index is 0.0362. The molecule has 362 valence electrons. The van der Waals surface area contributed by atoms with Crippen LogP contribution in [-0.2, 0) is 56.8 Å². The molecule has 0 unspecified atom stereocenters. The summed E-state index contributed by atoms with van der Waals surface area (Å²) in [5.41, 5.74) is 0. The van der Waals surface area contributed by atoms with E-state index in [1.165, 1.54) is 101 Å². The summed E-state index contributed by atoms with van der Waals surface area (Å²) in [6.45, 7) is 13.4. The highest BCUT2D eigenvalue weighted by Gasteiger charge is 1.99. The molecule has 0 spiro atoms. The minimum absolute atomic E-state index is 0.0362. The second-order valence-corrected chi connectivity index (χ2v) is 16.8. The smallest absolute Gasteiger partial charge is 0.0701 e. The maximum absolute atomic E-state index is 8.61. The summed E-state index contributed by atoms with van der Waals surface area (Å²) in [5, 5.41) is 17.2. The topological polar surface area (TPSA) is 151 Å². The van der Waals surface area contributed by atoms with Crippen molar-refractivity contribution in [2.45, 2.75) is 103 Å². The molecule has 0 aromatic carbocycles. The molecule has 0 radical (unpaired) electrons. The van der Waals surface area contributed by atoms with E-state index in [1.54, 1.807) is 0 Å². The van der Waals surface area contributed by atoms with E-state index < -0.39 is 0 Å². The lowest BCUT2D eigenvalue weighted by Gasteiger charge is -2.08. The van der Waals surface area contributed by atoms with Gasteiger partial charge in [-0.25, -0.2) is 0 Å². The van der Waals surface area contributed by atoms with Crippen LogP contribution in [0, 0.1) is 0 Å². The molecule has 0 aliphatic rings. The molecule has 0 aromatic rings. The number of unbranched alkanes of at least 4 members (excludes halogenated alkanes) is 14. The molecule has 0 amide bonds. The van der Waals surface area contributed by atoms with E-state index in [1.807, 2.05) is 0 Å². The summed E-state index contributed by atoms with van der Waals surface area (Å²) in [5.74, 6) is 2.59. The number of aliphatic hydroxyl groups excluding tert-OH is 2. The van der Waals surface area contributed by atoms with Crippen LogP contribution in [0.3, 0.4) is 0 Å². The van der Waals surface area contributed by atoms with E-state index in [-0.39, 0.29) is 13.2 Å². The Bertz CT molecular complexity index is 680. The van der Waals surface area contributed by atoms with Crippen molar-refractivity contribution in [3.05, 3.63) is 0 Å². The van der Waals surface area contributed by atoms with Crippen LogP contribution in [0.4, 0.5) is 0 Å². The van der Waals surface area contributed by atoms with Crippen molar-refractivity contribution in [1.82, 2.24) is 0 Å². The minimum Gasteiger partial charge on any atom is -0.394 e. The summed E-state index contributed by atoms with van der Waals surface area (Å²) < 4.78 is 65.3. The van der Waals surface area contributed by atoms with Crippen molar-refractivity contribution < 1.29 is 67.1 Å². The van der Waals surface area contributed by atoms with Crippen molar-refractivity contribution in [1.29, 1.82) is 0 Å². The Hall–Kier alpha value is 0.140. The van der Waals surface area contributed by atoms with Gasteiger partial charge in [0, 0.05) is 24.7 Å². The maximum atomic E-state index is 8.61. The second kappa shape index (κ2) is 59.1. The van der Waals surface area contributed by atoms with Gasteiger partial charge in [0.2, 0.25) is 0 Å². The molecule has 2 N–H and O–H groups in total. The molecule has 0 aliphatic carbocycles. The third-order valence-corrected chi connectivity index (χ3v) is 11.4. The fourth-order valence-corrected chi connectivity index (χ4v) is 7.80. The molecule has 16 heteroatoms. The molecule has 60 heavy (non-hydrogen) atoms. The molecule has 0 aliphatic heterocycles. The number of aliphatic hydroxyl groups is 2. The molecule has 0 bridgehead atoms. The Balaban J connectivity index is 3.06. The Morgan fingerprint density at radius 3 is 0.567 bits per heavy atom. The van der Waals surface area contributed by atoms with Gasteiger partial charge in [-0.2, -0.15) is 0 Å². The van der Waals surface area contributed by atoms with Crippen molar-refractivity contribution in [2.75, 3.05) is 183 Å². The molecule has 0 saturated carbocycles. The van der Waals surface area contributed by atoms with Gasteiger partial charge in [0.05, 0.1) is 159 Å². The highest BCUT2D eigenvalue weighted by molar-refractivity contribution is 8.76. The lowest BCUT2D eigenvalue weighted by atomic mass is 10.1. The van der Waals surface area contributed by atoms with Crippen molar-refractivity contribution in [3.8, 4) is 0 Å². The SMILES string of the molecule is OCCOCCOCCOCCOCCOCCOCCCCCCCCCCSSCCCCCCCCCCOCCOCCOCCOCCOCCOCCO. The summed E-state index contributed by atoms with van der Waals surface area (Å²) in [7, 11) is 4.15. The van der Waals surface area contributed by atoms with Crippen LogP contribution in [0.15, 0.2) is 0 Å². The van der Waals surface area contributed by atoms with Gasteiger partial charge < -0.3 is 67.1 Å². The zero-order chi connectivity index (χ0) is 43.0. The van der Waals surface area contributed by atoms with Crippen LogP contribution < -0.4 is 0 Å². The van der Waals surface area contributed by atoms with Gasteiger partial charge in [0.1, 0.15) is 0 Å². The first-order valence-electron chi connectivity index (χ1n) is 23.3. The van der Waals surface area contributed by atoms with Gasteiger partial charge in [-0.15, -0.1) is 0 Å². The fraction of sp³-hybridized carbons (Fsp3) is 1.00. The molecule has 0 fully saturated rings. The van der Waals surface area contributed by atoms with Gasteiger partial charge in [-0.05, 0) is 25.7 Å². The second-order valence-electron chi connectivity index (χ2n) is 14.1. The third-order valence-electron chi connectivity index (χ3n) is 8.81. The van der Waals surface area contributed by atoms with Crippen LogP contribution in [-0.4, -0.2) is 193 Å². The summed E-state index contributed by atoms with van der Waals surface area (Å²) in [6.07, 6.45) is 21.0. The molecule has 0 saturated heterocycles. The van der Waals surface area contributed by atoms with Gasteiger partial charge in [-0.3, -0.25) is 0 Å². The predicted octanol–water partition coefficient (Wildman–Crippen LogP) is 6.79. The lowest BCUT2D eigenvalue weighted by molar-refractivity contribution is -0.0182. The number of ether oxygens (including phenoxy) is 12. The molecular formula is C44H90O14S2. The van der Waals surface area contributed by atoms with E-state index in [2.05, 4.69) is 21.6 Å². The molecule has 0 rings (SSSR count). The zero-order valence-corrected chi connectivity index (χ0v) is 39.4. The molecule has 0 aromatic heterocycles. The van der Waals surface area contributed by atoms with Crippen LogP contribution >= 0.6 is 21.6 Å². The maximum Gasteiger partial charge on any atom is 0.0701 e. The van der Waals surface area contributed by atoms with Crippen molar-refractivity contribution in [2.24, 2.45) is 0 Å². The van der Waals surface area contributed by atoms with Gasteiger partial charge >= 0.3 is 0 Å². The largest absolute Gasteiger partial charge is 0.394 e. The zero-order valence-electron chi connectivity index (χ0n) is 37.7. The van der Waals surface area contributed by atoms with Crippen LogP contribution in [0.25, 0.3) is 0 Å². The van der Waals surface area contributed by atoms with E-state index >= 15 is 0 Å². The summed E-state index contributed by atoms with van der Waals surface area (Å²) in [4.78, 5) is 0. The highest BCUT2D eigenvalue weighted by atomic mass is 33.1. The average Bonchev–Trinajstić information content (AvgIpc) is 3.26. The fourth-order valence-electron chi connectivity index (χ4n) is 5.50. The van der Waals surface area contributed by atoms with Crippen molar-refractivity contribution in [3.63, 3.8) is 0 Å². The average molecular weight is 907 g/mol. The molecule has 0 atom stereocenters. The predicted molar refractivity (Wildman–Crippen MR) is 243 cm³/mol. The Labute approximate surface area is 373 Å². The first-order valence-corrected chi connectivity index (χ1v) is 25.8. The van der Waals surface area contributed by atoms with Crippen LogP contribution in [0.1, 0.15) is 103 Å².